The molecule has 0 spiro atoms. The van der Waals surface area contributed by atoms with E-state index in [2.05, 4.69) is 0 Å². The molecule has 1 aliphatic heterocycles. The van der Waals surface area contributed by atoms with Crippen molar-refractivity contribution < 1.29 is 50.0 Å². The summed E-state index contributed by atoms with van der Waals surface area (Å²) in [4.78, 5) is 13.4. The minimum absolute atomic E-state index is 0.0430. The van der Waals surface area contributed by atoms with Gasteiger partial charge in [-0.15, -0.1) is 0 Å². The van der Waals surface area contributed by atoms with E-state index in [0.717, 1.165) is 24.3 Å². The van der Waals surface area contributed by atoms with Crippen LogP contribution in [0.5, 0.6) is 28.7 Å². The molecule has 0 radical (unpaired) electrons. The molecule has 0 bridgehead atoms. The van der Waals surface area contributed by atoms with E-state index in [1.54, 1.807) is 0 Å². The number of phenolic OH excluding ortho intramolecular Hbond substituents is 5. The van der Waals surface area contributed by atoms with Crippen molar-refractivity contribution in [3.05, 3.63) is 40.1 Å². The topological polar surface area (TPSA) is 201 Å². The highest BCUT2D eigenvalue weighted by molar-refractivity contribution is 5.87. The molecule has 0 amide bonds. The zero-order valence-electron chi connectivity index (χ0n) is 17.2. The molecule has 5 unspecified atom stereocenters. The normalized spacial score (nSPS) is 25.4. The lowest BCUT2D eigenvalue weighted by Crippen LogP contribution is -2.57. The maximum atomic E-state index is 13.4. The van der Waals surface area contributed by atoms with Crippen molar-refractivity contribution in [1.29, 1.82) is 0 Å². The molecule has 0 saturated carbocycles. The molecule has 1 aromatic heterocycles. The molecule has 176 valence electrons. The molecule has 2 heterocycles. The van der Waals surface area contributed by atoms with E-state index in [-0.39, 0.29) is 34.3 Å². The van der Waals surface area contributed by atoms with E-state index in [4.69, 9.17) is 9.15 Å². The SMILES string of the molecule is CC1OC(Cc2c(-c3cc(O)c(O)c(O)c3)oc3cc(O)cc(O)c3c2=O)C(O)C(O)C1O. The second-order valence-electron chi connectivity index (χ2n) is 8.00. The van der Waals surface area contributed by atoms with Crippen LogP contribution in [0.25, 0.3) is 22.3 Å². The van der Waals surface area contributed by atoms with Crippen molar-refractivity contribution in [3.8, 4) is 40.1 Å². The van der Waals surface area contributed by atoms with Crippen LogP contribution in [-0.2, 0) is 11.2 Å². The molecule has 33 heavy (non-hydrogen) atoms. The van der Waals surface area contributed by atoms with Gasteiger partial charge < -0.3 is 50.0 Å². The first kappa shape index (κ1) is 22.7. The lowest BCUT2D eigenvalue weighted by molar-refractivity contribution is -0.216. The number of rotatable bonds is 3. The van der Waals surface area contributed by atoms with Crippen LogP contribution in [0, 0.1) is 0 Å². The van der Waals surface area contributed by atoms with Gasteiger partial charge in [-0.25, -0.2) is 0 Å². The second kappa shape index (κ2) is 8.12. The fraction of sp³-hybridized carbons (Fsp3) is 0.318. The van der Waals surface area contributed by atoms with Crippen LogP contribution in [-0.4, -0.2) is 71.4 Å². The minimum atomic E-state index is -1.57. The summed E-state index contributed by atoms with van der Waals surface area (Å²) in [6.07, 6.45) is -6.89. The van der Waals surface area contributed by atoms with Crippen molar-refractivity contribution in [2.24, 2.45) is 0 Å². The Morgan fingerprint density at radius 2 is 1.48 bits per heavy atom. The number of hydrogen-bond acceptors (Lipinski definition) is 11. The molecule has 8 N–H and O–H groups in total. The third kappa shape index (κ3) is 3.80. The van der Waals surface area contributed by atoms with E-state index in [9.17, 15) is 45.6 Å². The summed E-state index contributed by atoms with van der Waals surface area (Å²) in [5, 5.41) is 79.7. The summed E-state index contributed by atoms with van der Waals surface area (Å²) in [6.45, 7) is 1.47. The first-order valence-electron chi connectivity index (χ1n) is 9.96. The third-order valence-electron chi connectivity index (χ3n) is 5.74. The highest BCUT2D eigenvalue weighted by atomic mass is 16.5. The van der Waals surface area contributed by atoms with Crippen LogP contribution in [0.2, 0.25) is 0 Å². The van der Waals surface area contributed by atoms with Gasteiger partial charge in [0.15, 0.2) is 22.7 Å². The number of benzene rings is 2. The molecule has 0 aliphatic carbocycles. The molecule has 1 aliphatic rings. The van der Waals surface area contributed by atoms with Gasteiger partial charge in [0.05, 0.1) is 12.2 Å². The predicted octanol–water partition coefficient (Wildman–Crippen LogP) is 0.400. The van der Waals surface area contributed by atoms with Gasteiger partial charge in [0, 0.05) is 29.7 Å². The largest absolute Gasteiger partial charge is 0.508 e. The smallest absolute Gasteiger partial charge is 0.200 e. The third-order valence-corrected chi connectivity index (χ3v) is 5.74. The lowest BCUT2D eigenvalue weighted by Gasteiger charge is -2.39. The van der Waals surface area contributed by atoms with Gasteiger partial charge in [-0.2, -0.15) is 0 Å². The van der Waals surface area contributed by atoms with Gasteiger partial charge in [-0.3, -0.25) is 4.79 Å². The maximum Gasteiger partial charge on any atom is 0.200 e. The summed E-state index contributed by atoms with van der Waals surface area (Å²) in [5.41, 5.74) is -1.18. The van der Waals surface area contributed by atoms with Crippen LogP contribution in [0.3, 0.4) is 0 Å². The van der Waals surface area contributed by atoms with Gasteiger partial charge in [0.1, 0.15) is 46.5 Å². The molecule has 4 rings (SSSR count). The predicted molar refractivity (Wildman–Crippen MR) is 112 cm³/mol. The number of aliphatic hydroxyl groups is 3. The summed E-state index contributed by atoms with van der Waals surface area (Å²) in [6, 6.07) is 4.06. The average molecular weight is 462 g/mol. The van der Waals surface area contributed by atoms with E-state index in [1.165, 1.54) is 6.92 Å². The fourth-order valence-corrected chi connectivity index (χ4v) is 3.98. The van der Waals surface area contributed by atoms with Crippen LogP contribution >= 0.6 is 0 Å². The van der Waals surface area contributed by atoms with Crippen LogP contribution in [0.15, 0.2) is 33.5 Å². The standard InChI is InChI=1S/C22H22O11/c1-7-17(27)21(31)20(30)15(32-7)6-10-18(28)16-11(24)4-9(23)5-14(16)33-22(10)8-2-12(25)19(29)13(26)3-8/h2-5,7,15,17,20-21,23-27,29-31H,6H2,1H3. The van der Waals surface area contributed by atoms with Gasteiger partial charge in [0.25, 0.3) is 0 Å². The maximum absolute atomic E-state index is 13.4. The van der Waals surface area contributed by atoms with Crippen molar-refractivity contribution in [1.82, 2.24) is 0 Å². The number of aliphatic hydroxyl groups excluding tert-OH is 3. The molecule has 1 fully saturated rings. The number of hydrogen-bond donors (Lipinski definition) is 8. The number of ether oxygens (including phenoxy) is 1. The Morgan fingerprint density at radius 3 is 2.12 bits per heavy atom. The highest BCUT2D eigenvalue weighted by Crippen LogP contribution is 2.41. The zero-order chi connectivity index (χ0) is 24.2. The average Bonchev–Trinajstić information content (AvgIpc) is 2.74. The molecule has 3 aromatic rings. The molecule has 11 heteroatoms. The van der Waals surface area contributed by atoms with Crippen LogP contribution in [0.4, 0.5) is 0 Å². The second-order valence-corrected chi connectivity index (χ2v) is 8.00. The van der Waals surface area contributed by atoms with Gasteiger partial charge in [-0.1, -0.05) is 0 Å². The van der Waals surface area contributed by atoms with Crippen molar-refractivity contribution in [2.75, 3.05) is 0 Å². The number of fused-ring (bicyclic) bond motifs is 1. The van der Waals surface area contributed by atoms with Crippen molar-refractivity contribution >= 4 is 11.0 Å². The summed E-state index contributed by atoms with van der Waals surface area (Å²) in [5.74, 6) is -3.40. The summed E-state index contributed by atoms with van der Waals surface area (Å²) in [7, 11) is 0. The Kier molecular flexibility index (Phi) is 5.58. The Balaban J connectivity index is 1.95. The van der Waals surface area contributed by atoms with E-state index < -0.39 is 64.7 Å². The Bertz CT molecular complexity index is 1260. The molecule has 2 aromatic carbocycles. The van der Waals surface area contributed by atoms with Crippen molar-refractivity contribution in [3.63, 3.8) is 0 Å². The molecule has 11 nitrogen and oxygen atoms in total. The van der Waals surface area contributed by atoms with Crippen molar-refractivity contribution in [2.45, 2.75) is 43.9 Å². The Hall–Kier alpha value is -3.51. The first-order valence-corrected chi connectivity index (χ1v) is 9.96. The highest BCUT2D eigenvalue weighted by Gasteiger charge is 2.42. The molecular weight excluding hydrogens is 440 g/mol. The lowest BCUT2D eigenvalue weighted by atomic mass is 9.90. The van der Waals surface area contributed by atoms with Gasteiger partial charge in [0.2, 0.25) is 0 Å². The number of phenols is 5. The fourth-order valence-electron chi connectivity index (χ4n) is 3.98. The summed E-state index contributed by atoms with van der Waals surface area (Å²) < 4.78 is 11.3. The van der Waals surface area contributed by atoms with Gasteiger partial charge >= 0.3 is 0 Å². The first-order chi connectivity index (χ1) is 15.5. The molecule has 1 saturated heterocycles. The van der Waals surface area contributed by atoms with E-state index in [0.29, 0.717) is 0 Å². The van der Waals surface area contributed by atoms with Gasteiger partial charge in [-0.05, 0) is 19.1 Å². The molecule has 5 atom stereocenters. The van der Waals surface area contributed by atoms with E-state index >= 15 is 0 Å². The van der Waals surface area contributed by atoms with Crippen LogP contribution < -0.4 is 5.43 Å². The summed E-state index contributed by atoms with van der Waals surface area (Å²) >= 11 is 0. The van der Waals surface area contributed by atoms with E-state index in [1.807, 2.05) is 0 Å². The van der Waals surface area contributed by atoms with Crippen LogP contribution in [0.1, 0.15) is 12.5 Å². The Labute approximate surface area is 185 Å². The monoisotopic (exact) mass is 462 g/mol. The minimum Gasteiger partial charge on any atom is -0.508 e. The zero-order valence-corrected chi connectivity index (χ0v) is 17.2. The quantitative estimate of drug-likeness (QED) is 0.250. The Morgan fingerprint density at radius 1 is 0.848 bits per heavy atom. The number of aromatic hydroxyl groups is 5. The molecular formula is C22H22O11.